The van der Waals surface area contributed by atoms with Crippen molar-refractivity contribution in [3.8, 4) is 6.07 Å². The van der Waals surface area contributed by atoms with Crippen LogP contribution < -0.4 is 5.32 Å². The molecule has 21 heavy (non-hydrogen) atoms. The van der Waals surface area contributed by atoms with Crippen molar-refractivity contribution >= 4 is 5.97 Å². The van der Waals surface area contributed by atoms with Crippen molar-refractivity contribution in [2.75, 3.05) is 20.3 Å². The molecular formula is C15H20N2O4. The molecule has 1 heterocycles. The van der Waals surface area contributed by atoms with Crippen LogP contribution in [0.5, 0.6) is 0 Å². The average Bonchev–Trinajstić information content (AvgIpc) is 2.50. The van der Waals surface area contributed by atoms with Gasteiger partial charge in [0.1, 0.15) is 5.70 Å². The number of nitrogens with one attached hydrogen (secondary N) is 1. The van der Waals surface area contributed by atoms with Crippen molar-refractivity contribution in [2.45, 2.75) is 31.4 Å². The third kappa shape index (κ3) is 3.63. The molecule has 0 spiro atoms. The Hall–Kier alpha value is -1.84. The lowest BCUT2D eigenvalue weighted by Crippen LogP contribution is -2.49. The monoisotopic (exact) mass is 292 g/mol. The van der Waals surface area contributed by atoms with Crippen LogP contribution >= 0.6 is 0 Å². The first-order chi connectivity index (χ1) is 10.2. The van der Waals surface area contributed by atoms with Gasteiger partial charge in [-0.15, -0.1) is 0 Å². The van der Waals surface area contributed by atoms with Gasteiger partial charge in [-0.2, -0.15) is 5.26 Å². The highest BCUT2D eigenvalue weighted by atomic mass is 16.5. The number of rotatable bonds is 6. The number of nitriles is 1. The predicted octanol–water partition coefficient (Wildman–Crippen LogP) is 1.21. The number of carbonyl (C=O) groups is 1. The Labute approximate surface area is 124 Å². The minimum Gasteiger partial charge on any atom is -0.477 e. The number of allylic oxidation sites excluding steroid dienone is 1. The van der Waals surface area contributed by atoms with Crippen LogP contribution in [0.2, 0.25) is 0 Å². The molecule has 0 saturated carbocycles. The van der Waals surface area contributed by atoms with Crippen LogP contribution in [0.25, 0.3) is 0 Å². The summed E-state index contributed by atoms with van der Waals surface area (Å²) in [5.41, 5.74) is 0.708. The van der Waals surface area contributed by atoms with Crippen molar-refractivity contribution in [1.29, 1.82) is 5.26 Å². The molecule has 2 N–H and O–H groups in total. The van der Waals surface area contributed by atoms with Crippen molar-refractivity contribution in [2.24, 2.45) is 5.92 Å². The van der Waals surface area contributed by atoms with E-state index in [0.717, 1.165) is 19.3 Å². The largest absolute Gasteiger partial charge is 0.477 e. The second kappa shape index (κ2) is 7.25. The SMILES string of the molecule is COCCCOC1C=C(C(=O)O)NC2C(C#N)=CCCC12. The average molecular weight is 292 g/mol. The number of hydrogen-bond donors (Lipinski definition) is 2. The number of aliphatic carboxylic acids is 1. The molecule has 6 heteroatoms. The van der Waals surface area contributed by atoms with Crippen molar-refractivity contribution in [1.82, 2.24) is 5.32 Å². The van der Waals surface area contributed by atoms with Crippen LogP contribution in [0, 0.1) is 17.2 Å². The summed E-state index contributed by atoms with van der Waals surface area (Å²) in [5, 5.41) is 21.4. The van der Waals surface area contributed by atoms with Gasteiger partial charge in [0.15, 0.2) is 0 Å². The molecule has 0 aromatic rings. The van der Waals surface area contributed by atoms with Crippen molar-refractivity contribution in [3.05, 3.63) is 23.4 Å². The molecule has 2 aliphatic rings. The highest BCUT2D eigenvalue weighted by Crippen LogP contribution is 2.33. The third-order valence-corrected chi connectivity index (χ3v) is 3.85. The fraction of sp³-hybridized carbons (Fsp3) is 0.600. The van der Waals surface area contributed by atoms with E-state index in [1.807, 2.05) is 6.08 Å². The number of carboxylic acid groups (broad SMARTS) is 1. The van der Waals surface area contributed by atoms with E-state index in [1.54, 1.807) is 13.2 Å². The van der Waals surface area contributed by atoms with Crippen LogP contribution in [-0.2, 0) is 14.3 Å². The molecule has 1 aliphatic heterocycles. The van der Waals surface area contributed by atoms with Gasteiger partial charge in [-0.05, 0) is 25.3 Å². The number of ether oxygens (including phenoxy) is 2. The van der Waals surface area contributed by atoms with Crippen LogP contribution in [0.4, 0.5) is 0 Å². The van der Waals surface area contributed by atoms with Crippen molar-refractivity contribution < 1.29 is 19.4 Å². The van der Waals surface area contributed by atoms with Gasteiger partial charge < -0.3 is 19.9 Å². The first-order valence-electron chi connectivity index (χ1n) is 7.09. The van der Waals surface area contributed by atoms with E-state index >= 15 is 0 Å². The Morgan fingerprint density at radius 1 is 1.57 bits per heavy atom. The Kier molecular flexibility index (Phi) is 5.37. The van der Waals surface area contributed by atoms with Crippen LogP contribution in [0.1, 0.15) is 19.3 Å². The predicted molar refractivity (Wildman–Crippen MR) is 75.3 cm³/mol. The van der Waals surface area contributed by atoms with Gasteiger partial charge in [-0.1, -0.05) is 6.08 Å². The minimum absolute atomic E-state index is 0.0929. The molecule has 0 aromatic heterocycles. The molecule has 0 aromatic carbocycles. The smallest absolute Gasteiger partial charge is 0.351 e. The number of methoxy groups -OCH3 is 1. The van der Waals surface area contributed by atoms with Crippen LogP contribution in [0.15, 0.2) is 23.4 Å². The van der Waals surface area contributed by atoms with Crippen molar-refractivity contribution in [3.63, 3.8) is 0 Å². The summed E-state index contributed by atoms with van der Waals surface area (Å²) in [7, 11) is 1.63. The summed E-state index contributed by atoms with van der Waals surface area (Å²) >= 11 is 0. The molecule has 0 fully saturated rings. The van der Waals surface area contributed by atoms with E-state index in [9.17, 15) is 15.2 Å². The van der Waals surface area contributed by atoms with Gasteiger partial charge in [0, 0.05) is 31.8 Å². The van der Waals surface area contributed by atoms with Crippen LogP contribution in [-0.4, -0.2) is 43.5 Å². The third-order valence-electron chi connectivity index (χ3n) is 3.85. The highest BCUT2D eigenvalue weighted by molar-refractivity contribution is 5.86. The second-order valence-corrected chi connectivity index (χ2v) is 5.20. The molecule has 2 rings (SSSR count). The number of nitrogens with zero attached hydrogens (tertiary/aromatic N) is 1. The quantitative estimate of drug-likeness (QED) is 0.715. The van der Waals surface area contributed by atoms with Crippen LogP contribution in [0.3, 0.4) is 0 Å². The van der Waals surface area contributed by atoms with Gasteiger partial charge in [0.2, 0.25) is 0 Å². The van der Waals surface area contributed by atoms with E-state index in [-0.39, 0.29) is 23.8 Å². The molecule has 1 aliphatic carbocycles. The fourth-order valence-electron chi connectivity index (χ4n) is 2.84. The van der Waals surface area contributed by atoms with Gasteiger partial charge in [0.25, 0.3) is 0 Å². The Balaban J connectivity index is 2.13. The Bertz CT molecular complexity index is 492. The van der Waals surface area contributed by atoms with E-state index in [4.69, 9.17) is 9.47 Å². The lowest BCUT2D eigenvalue weighted by molar-refractivity contribution is -0.133. The lowest BCUT2D eigenvalue weighted by Gasteiger charge is -2.39. The first kappa shape index (κ1) is 15.5. The number of fused-ring (bicyclic) bond motifs is 1. The number of hydrogen-bond acceptors (Lipinski definition) is 5. The van der Waals surface area contributed by atoms with Gasteiger partial charge in [0.05, 0.1) is 18.2 Å². The first-order valence-corrected chi connectivity index (χ1v) is 7.09. The van der Waals surface area contributed by atoms with E-state index in [2.05, 4.69) is 11.4 Å². The maximum absolute atomic E-state index is 11.2. The summed E-state index contributed by atoms with van der Waals surface area (Å²) in [6.45, 7) is 1.12. The maximum Gasteiger partial charge on any atom is 0.351 e. The molecule has 6 nitrogen and oxygen atoms in total. The summed E-state index contributed by atoms with van der Waals surface area (Å²) in [6.07, 6.45) is 5.67. The molecule has 0 bridgehead atoms. The maximum atomic E-state index is 11.2. The highest BCUT2D eigenvalue weighted by Gasteiger charge is 2.38. The summed E-state index contributed by atoms with van der Waals surface area (Å²) < 4.78 is 10.8. The van der Waals surface area contributed by atoms with Gasteiger partial charge >= 0.3 is 5.97 Å². The molecule has 3 atom stereocenters. The molecule has 114 valence electrons. The lowest BCUT2D eigenvalue weighted by atomic mass is 9.78. The molecule has 0 radical (unpaired) electrons. The molecule has 0 amide bonds. The minimum atomic E-state index is -1.03. The zero-order valence-electron chi connectivity index (χ0n) is 12.0. The van der Waals surface area contributed by atoms with E-state index in [0.29, 0.717) is 18.8 Å². The number of carboxylic acids is 1. The van der Waals surface area contributed by atoms with E-state index in [1.165, 1.54) is 0 Å². The second-order valence-electron chi connectivity index (χ2n) is 5.20. The van der Waals surface area contributed by atoms with E-state index < -0.39 is 5.97 Å². The summed E-state index contributed by atoms with van der Waals surface area (Å²) in [4.78, 5) is 11.2. The normalized spacial score (nSPS) is 27.7. The standard InChI is InChI=1S/C15H20N2O4/c1-20-6-3-7-21-13-8-12(15(18)19)17-14-10(9-16)4-2-5-11(13)14/h4,8,11,13-14,17H,2-3,5-7H2,1H3,(H,18,19). The fourth-order valence-corrected chi connectivity index (χ4v) is 2.84. The Morgan fingerprint density at radius 2 is 2.38 bits per heavy atom. The Morgan fingerprint density at radius 3 is 3.05 bits per heavy atom. The molecule has 3 unspecified atom stereocenters. The van der Waals surface area contributed by atoms with Gasteiger partial charge in [-0.3, -0.25) is 0 Å². The molecule has 0 saturated heterocycles. The van der Waals surface area contributed by atoms with Gasteiger partial charge in [-0.25, -0.2) is 4.79 Å². The summed E-state index contributed by atoms with van der Waals surface area (Å²) in [6, 6.07) is 1.89. The topological polar surface area (TPSA) is 91.6 Å². The summed E-state index contributed by atoms with van der Waals surface area (Å²) in [5.74, 6) is -0.933. The zero-order chi connectivity index (χ0) is 15.2. The zero-order valence-corrected chi connectivity index (χ0v) is 12.0. The molecular weight excluding hydrogens is 272 g/mol.